The number of amides is 1. The molecule has 0 saturated carbocycles. The van der Waals surface area contributed by atoms with Crippen LogP contribution in [0.25, 0.3) is 6.08 Å². The van der Waals surface area contributed by atoms with Gasteiger partial charge in [-0.25, -0.2) is 9.80 Å². The Labute approximate surface area is 164 Å². The van der Waals surface area contributed by atoms with Crippen molar-refractivity contribution in [2.75, 3.05) is 19.8 Å². The predicted octanol–water partition coefficient (Wildman–Crippen LogP) is 3.28. The summed E-state index contributed by atoms with van der Waals surface area (Å²) in [7, 11) is 0. The van der Waals surface area contributed by atoms with Gasteiger partial charge < -0.3 is 9.47 Å². The van der Waals surface area contributed by atoms with Gasteiger partial charge in [0.15, 0.2) is 6.61 Å². The third kappa shape index (κ3) is 5.30. The monoisotopic (exact) mass is 378 g/mol. The first-order chi connectivity index (χ1) is 13.7. The lowest BCUT2D eigenvalue weighted by atomic mass is 10.1. The molecule has 0 unspecified atom stereocenters. The smallest absolute Gasteiger partial charge is 0.331 e. The van der Waals surface area contributed by atoms with Gasteiger partial charge in [0.1, 0.15) is 5.75 Å². The number of rotatable bonds is 7. The standard InChI is InChI=1S/C22H22N2O4/c1-2-27-19-11-8-17(9-12-19)10-13-22(26)28-16-21(25)24-15-14-20(23-24)18-6-4-3-5-7-18/h3-13H,2,14-16H2,1H3/b13-10+. The maximum atomic E-state index is 12.2. The van der Waals surface area contributed by atoms with Crippen molar-refractivity contribution in [3.8, 4) is 5.75 Å². The molecule has 0 bridgehead atoms. The maximum Gasteiger partial charge on any atom is 0.331 e. The number of nitrogens with zero attached hydrogens (tertiary/aromatic N) is 2. The first kappa shape index (κ1) is 19.4. The molecule has 0 atom stereocenters. The Morgan fingerprint density at radius 3 is 2.57 bits per heavy atom. The van der Waals surface area contributed by atoms with Crippen molar-refractivity contribution >= 4 is 23.7 Å². The molecular weight excluding hydrogens is 356 g/mol. The zero-order valence-corrected chi connectivity index (χ0v) is 15.7. The van der Waals surface area contributed by atoms with Crippen molar-refractivity contribution in [1.29, 1.82) is 0 Å². The summed E-state index contributed by atoms with van der Waals surface area (Å²) in [5.41, 5.74) is 2.69. The molecule has 1 amide bonds. The summed E-state index contributed by atoms with van der Waals surface area (Å²) in [5.74, 6) is -0.142. The van der Waals surface area contributed by atoms with Crippen LogP contribution in [0.2, 0.25) is 0 Å². The van der Waals surface area contributed by atoms with Crippen molar-refractivity contribution in [2.45, 2.75) is 13.3 Å². The van der Waals surface area contributed by atoms with E-state index >= 15 is 0 Å². The van der Waals surface area contributed by atoms with Gasteiger partial charge in [0.2, 0.25) is 0 Å². The first-order valence-electron chi connectivity index (χ1n) is 9.16. The van der Waals surface area contributed by atoms with Crippen LogP contribution < -0.4 is 4.74 Å². The van der Waals surface area contributed by atoms with E-state index in [9.17, 15) is 9.59 Å². The van der Waals surface area contributed by atoms with Gasteiger partial charge in [0.05, 0.1) is 18.9 Å². The molecule has 1 heterocycles. The van der Waals surface area contributed by atoms with E-state index in [4.69, 9.17) is 9.47 Å². The van der Waals surface area contributed by atoms with Crippen LogP contribution >= 0.6 is 0 Å². The number of hydrogen-bond donors (Lipinski definition) is 0. The van der Waals surface area contributed by atoms with E-state index in [0.29, 0.717) is 19.6 Å². The Hall–Kier alpha value is -3.41. The fourth-order valence-electron chi connectivity index (χ4n) is 2.73. The summed E-state index contributed by atoms with van der Waals surface area (Å²) in [6, 6.07) is 17.0. The predicted molar refractivity (Wildman–Crippen MR) is 107 cm³/mol. The number of ether oxygens (including phenoxy) is 2. The van der Waals surface area contributed by atoms with Gasteiger partial charge in [-0.1, -0.05) is 42.5 Å². The Morgan fingerprint density at radius 2 is 1.86 bits per heavy atom. The lowest BCUT2D eigenvalue weighted by Crippen LogP contribution is -2.28. The molecule has 0 aliphatic carbocycles. The highest BCUT2D eigenvalue weighted by Crippen LogP contribution is 2.14. The van der Waals surface area contributed by atoms with Crippen molar-refractivity contribution in [3.05, 3.63) is 71.8 Å². The molecule has 0 N–H and O–H groups in total. The Morgan fingerprint density at radius 1 is 1.11 bits per heavy atom. The molecule has 0 saturated heterocycles. The summed E-state index contributed by atoms with van der Waals surface area (Å²) in [5, 5.41) is 5.69. The highest BCUT2D eigenvalue weighted by molar-refractivity contribution is 6.02. The second kappa shape index (κ2) is 9.50. The fourth-order valence-corrected chi connectivity index (χ4v) is 2.73. The molecule has 28 heavy (non-hydrogen) atoms. The SMILES string of the molecule is CCOc1ccc(/C=C/C(=O)OCC(=O)N2CCC(c3ccccc3)=N2)cc1. The molecule has 2 aromatic rings. The van der Waals surface area contributed by atoms with E-state index in [0.717, 1.165) is 22.6 Å². The Balaban J connectivity index is 1.48. The first-order valence-corrected chi connectivity index (χ1v) is 9.16. The second-order valence-corrected chi connectivity index (χ2v) is 6.12. The van der Waals surface area contributed by atoms with E-state index in [2.05, 4.69) is 5.10 Å². The van der Waals surface area contributed by atoms with Crippen molar-refractivity contribution in [3.63, 3.8) is 0 Å². The normalized spacial score (nSPS) is 13.5. The van der Waals surface area contributed by atoms with Gasteiger partial charge in [0, 0.05) is 12.5 Å². The number of carbonyl (C=O) groups excluding carboxylic acids is 2. The van der Waals surface area contributed by atoms with E-state index in [1.165, 1.54) is 11.1 Å². The quantitative estimate of drug-likeness (QED) is 0.548. The Bertz CT molecular complexity index is 873. The topological polar surface area (TPSA) is 68.2 Å². The molecule has 1 aliphatic rings. The van der Waals surface area contributed by atoms with Crippen LogP contribution in [0.15, 0.2) is 65.8 Å². The summed E-state index contributed by atoms with van der Waals surface area (Å²) >= 11 is 0. The molecule has 0 radical (unpaired) electrons. The van der Waals surface area contributed by atoms with Crippen LogP contribution in [-0.4, -0.2) is 42.4 Å². The number of benzene rings is 2. The van der Waals surface area contributed by atoms with Crippen molar-refractivity contribution in [1.82, 2.24) is 5.01 Å². The number of carbonyl (C=O) groups is 2. The van der Waals surface area contributed by atoms with Crippen molar-refractivity contribution < 1.29 is 19.1 Å². The molecule has 1 aliphatic heterocycles. The minimum Gasteiger partial charge on any atom is -0.494 e. The molecule has 6 nitrogen and oxygen atoms in total. The third-order valence-corrected chi connectivity index (χ3v) is 4.14. The molecular formula is C22H22N2O4. The van der Waals surface area contributed by atoms with Gasteiger partial charge >= 0.3 is 5.97 Å². The van der Waals surface area contributed by atoms with Gasteiger partial charge in [-0.15, -0.1) is 0 Å². The number of hydrazone groups is 1. The van der Waals surface area contributed by atoms with E-state index < -0.39 is 5.97 Å². The molecule has 0 aromatic heterocycles. The van der Waals surface area contributed by atoms with Gasteiger partial charge in [-0.05, 0) is 36.3 Å². The average molecular weight is 378 g/mol. The molecule has 144 valence electrons. The summed E-state index contributed by atoms with van der Waals surface area (Å²) in [6.07, 6.45) is 3.61. The van der Waals surface area contributed by atoms with Crippen LogP contribution in [0.5, 0.6) is 5.75 Å². The average Bonchev–Trinajstić information content (AvgIpc) is 3.23. The van der Waals surface area contributed by atoms with Crippen LogP contribution in [0, 0.1) is 0 Å². The summed E-state index contributed by atoms with van der Waals surface area (Å²) in [6.45, 7) is 2.67. The van der Waals surface area contributed by atoms with Crippen LogP contribution in [0.1, 0.15) is 24.5 Å². The van der Waals surface area contributed by atoms with Crippen LogP contribution in [0.4, 0.5) is 0 Å². The number of esters is 1. The molecule has 6 heteroatoms. The molecule has 3 rings (SSSR count). The largest absolute Gasteiger partial charge is 0.494 e. The number of hydrogen-bond acceptors (Lipinski definition) is 5. The molecule has 0 spiro atoms. The van der Waals surface area contributed by atoms with Gasteiger partial charge in [0.25, 0.3) is 5.91 Å². The van der Waals surface area contributed by atoms with E-state index in [-0.39, 0.29) is 12.5 Å². The zero-order chi connectivity index (χ0) is 19.8. The lowest BCUT2D eigenvalue weighted by Gasteiger charge is -2.10. The maximum absolute atomic E-state index is 12.2. The van der Waals surface area contributed by atoms with Crippen molar-refractivity contribution in [2.24, 2.45) is 5.10 Å². The van der Waals surface area contributed by atoms with Gasteiger partial charge in [-0.3, -0.25) is 4.79 Å². The highest BCUT2D eigenvalue weighted by Gasteiger charge is 2.22. The van der Waals surface area contributed by atoms with E-state index in [1.807, 2.05) is 61.5 Å². The molecule has 2 aromatic carbocycles. The fraction of sp³-hybridized carbons (Fsp3) is 0.227. The third-order valence-electron chi connectivity index (χ3n) is 4.14. The summed E-state index contributed by atoms with van der Waals surface area (Å²) < 4.78 is 10.4. The summed E-state index contributed by atoms with van der Waals surface area (Å²) in [4.78, 5) is 24.1. The minimum atomic E-state index is -0.575. The van der Waals surface area contributed by atoms with Crippen LogP contribution in [-0.2, 0) is 14.3 Å². The lowest BCUT2D eigenvalue weighted by molar-refractivity contribution is -0.147. The second-order valence-electron chi connectivity index (χ2n) is 6.12. The van der Waals surface area contributed by atoms with Crippen LogP contribution in [0.3, 0.4) is 0 Å². The van der Waals surface area contributed by atoms with Gasteiger partial charge in [-0.2, -0.15) is 5.10 Å². The Kier molecular flexibility index (Phi) is 6.57. The zero-order valence-electron chi connectivity index (χ0n) is 15.7. The highest BCUT2D eigenvalue weighted by atomic mass is 16.5. The molecule has 0 fully saturated rings. The van der Waals surface area contributed by atoms with E-state index in [1.54, 1.807) is 6.08 Å². The minimum absolute atomic E-state index is 0.335.